The van der Waals surface area contributed by atoms with Crippen LogP contribution in [0.5, 0.6) is 0 Å². The van der Waals surface area contributed by atoms with Gasteiger partial charge in [-0.3, -0.25) is 0 Å². The van der Waals surface area contributed by atoms with Gasteiger partial charge in [0.1, 0.15) is 5.60 Å². The molecule has 0 aliphatic carbocycles. The first-order chi connectivity index (χ1) is 10.1. The average molecular weight is 310 g/mol. The van der Waals surface area contributed by atoms with Crippen molar-refractivity contribution >= 4 is 10.2 Å². The summed E-state index contributed by atoms with van der Waals surface area (Å²) in [5, 5.41) is 0. The van der Waals surface area contributed by atoms with Gasteiger partial charge in [0.15, 0.2) is 0 Å². The third-order valence-electron chi connectivity index (χ3n) is 4.31. The van der Waals surface area contributed by atoms with Crippen LogP contribution in [0, 0.1) is 0 Å². The molecule has 0 amide bonds. The summed E-state index contributed by atoms with van der Waals surface area (Å²) in [6.45, 7) is 3.97. The number of nitrogens with one attached hydrogen (secondary N) is 1. The molecule has 2 aliphatic rings. The Labute approximate surface area is 126 Å². The van der Waals surface area contributed by atoms with Crippen LogP contribution in [-0.4, -0.2) is 32.4 Å². The Hall–Kier alpha value is -0.950. The molecule has 3 rings (SSSR count). The predicted octanol–water partition coefficient (Wildman–Crippen LogP) is 1.75. The van der Waals surface area contributed by atoms with E-state index in [4.69, 9.17) is 4.74 Å². The topological polar surface area (TPSA) is 58.6 Å². The molecule has 1 spiro atoms. The van der Waals surface area contributed by atoms with Gasteiger partial charge in [0.25, 0.3) is 10.2 Å². The van der Waals surface area contributed by atoms with Crippen LogP contribution in [0.15, 0.2) is 24.3 Å². The normalized spacial score (nSPS) is 26.1. The second-order valence-electron chi connectivity index (χ2n) is 5.78. The minimum absolute atomic E-state index is 0.406. The van der Waals surface area contributed by atoms with Crippen molar-refractivity contribution in [2.45, 2.75) is 38.4 Å². The molecule has 5 nitrogen and oxygen atoms in total. The van der Waals surface area contributed by atoms with E-state index < -0.39 is 15.8 Å². The molecule has 1 fully saturated rings. The van der Waals surface area contributed by atoms with Crippen molar-refractivity contribution in [1.29, 1.82) is 0 Å². The molecule has 0 saturated carbocycles. The van der Waals surface area contributed by atoms with E-state index in [0.717, 1.165) is 24.8 Å². The summed E-state index contributed by atoms with van der Waals surface area (Å²) in [5.74, 6) is 0. The van der Waals surface area contributed by atoms with Crippen LogP contribution in [-0.2, 0) is 27.2 Å². The molecule has 2 heterocycles. The van der Waals surface area contributed by atoms with Gasteiger partial charge in [-0.15, -0.1) is 0 Å². The second kappa shape index (κ2) is 5.68. The zero-order valence-electron chi connectivity index (χ0n) is 12.3. The summed E-state index contributed by atoms with van der Waals surface area (Å²) in [5.41, 5.74) is 1.87. The molecule has 1 atom stereocenters. The van der Waals surface area contributed by atoms with Gasteiger partial charge in [-0.2, -0.15) is 12.7 Å². The fourth-order valence-corrected chi connectivity index (χ4v) is 4.63. The van der Waals surface area contributed by atoms with Gasteiger partial charge in [-0.05, 0) is 30.4 Å². The van der Waals surface area contributed by atoms with E-state index in [9.17, 15) is 8.42 Å². The van der Waals surface area contributed by atoms with Crippen LogP contribution in [0.4, 0.5) is 0 Å². The number of hydrogen-bond donors (Lipinski definition) is 1. The Morgan fingerprint density at radius 2 is 2.19 bits per heavy atom. The quantitative estimate of drug-likeness (QED) is 0.922. The van der Waals surface area contributed by atoms with Gasteiger partial charge in [-0.25, -0.2) is 4.72 Å². The monoisotopic (exact) mass is 310 g/mol. The molecule has 116 valence electrons. The molecule has 1 saturated heterocycles. The van der Waals surface area contributed by atoms with Crippen LogP contribution in [0.25, 0.3) is 0 Å². The highest BCUT2D eigenvalue weighted by atomic mass is 32.2. The summed E-state index contributed by atoms with van der Waals surface area (Å²) >= 11 is 0. The summed E-state index contributed by atoms with van der Waals surface area (Å²) in [7, 11) is -3.41. The lowest BCUT2D eigenvalue weighted by molar-refractivity contribution is -0.0703. The van der Waals surface area contributed by atoms with Gasteiger partial charge in [-0.1, -0.05) is 31.2 Å². The molecule has 0 bridgehead atoms. The molecular weight excluding hydrogens is 288 g/mol. The first kappa shape index (κ1) is 15.0. The van der Waals surface area contributed by atoms with E-state index in [0.29, 0.717) is 26.2 Å². The zero-order valence-corrected chi connectivity index (χ0v) is 13.2. The Bertz CT molecular complexity index is 613. The molecule has 0 radical (unpaired) electrons. The number of ether oxygens (including phenoxy) is 1. The van der Waals surface area contributed by atoms with Crippen molar-refractivity contribution in [3.63, 3.8) is 0 Å². The van der Waals surface area contributed by atoms with Gasteiger partial charge in [0.2, 0.25) is 0 Å². The van der Waals surface area contributed by atoms with Crippen LogP contribution in [0.1, 0.15) is 37.3 Å². The molecule has 21 heavy (non-hydrogen) atoms. The number of fused-ring (bicyclic) bond motifs is 2. The Morgan fingerprint density at radius 1 is 1.38 bits per heavy atom. The molecule has 0 aromatic heterocycles. The van der Waals surface area contributed by atoms with Crippen molar-refractivity contribution < 1.29 is 13.2 Å². The number of nitrogens with zero attached hydrogens (tertiary/aromatic N) is 1. The van der Waals surface area contributed by atoms with E-state index in [1.807, 2.05) is 19.1 Å². The van der Waals surface area contributed by atoms with E-state index in [2.05, 4.69) is 16.9 Å². The third kappa shape index (κ3) is 2.73. The molecule has 2 aliphatic heterocycles. The van der Waals surface area contributed by atoms with Gasteiger partial charge < -0.3 is 4.74 Å². The predicted molar refractivity (Wildman–Crippen MR) is 80.9 cm³/mol. The number of piperidine rings is 1. The molecule has 1 aromatic carbocycles. The highest BCUT2D eigenvalue weighted by molar-refractivity contribution is 7.87. The number of hydrogen-bond acceptors (Lipinski definition) is 3. The Balaban J connectivity index is 1.84. The van der Waals surface area contributed by atoms with E-state index >= 15 is 0 Å². The summed E-state index contributed by atoms with van der Waals surface area (Å²) in [6.07, 6.45) is 2.49. The van der Waals surface area contributed by atoms with Crippen LogP contribution < -0.4 is 4.72 Å². The van der Waals surface area contributed by atoms with E-state index in [1.165, 1.54) is 9.87 Å². The maximum Gasteiger partial charge on any atom is 0.279 e. The molecule has 1 unspecified atom stereocenters. The highest BCUT2D eigenvalue weighted by Crippen LogP contribution is 2.43. The van der Waals surface area contributed by atoms with Crippen molar-refractivity contribution in [1.82, 2.24) is 9.03 Å². The number of rotatable bonds is 4. The highest BCUT2D eigenvalue weighted by Gasteiger charge is 2.45. The van der Waals surface area contributed by atoms with E-state index in [1.54, 1.807) is 0 Å². The molecule has 1 aromatic rings. The van der Waals surface area contributed by atoms with Crippen LogP contribution in [0.3, 0.4) is 0 Å². The third-order valence-corrected chi connectivity index (χ3v) is 5.87. The van der Waals surface area contributed by atoms with Gasteiger partial charge in [0, 0.05) is 19.6 Å². The molecule has 1 N–H and O–H groups in total. The van der Waals surface area contributed by atoms with E-state index in [-0.39, 0.29) is 0 Å². The lowest BCUT2D eigenvalue weighted by Crippen LogP contribution is -2.51. The first-order valence-electron chi connectivity index (χ1n) is 7.54. The largest absolute Gasteiger partial charge is 0.364 e. The smallest absolute Gasteiger partial charge is 0.279 e. The Kier molecular flexibility index (Phi) is 4.05. The fraction of sp³-hybridized carbons (Fsp3) is 0.600. The van der Waals surface area contributed by atoms with Crippen LogP contribution >= 0.6 is 0 Å². The second-order valence-corrected chi connectivity index (χ2v) is 7.53. The van der Waals surface area contributed by atoms with Crippen molar-refractivity contribution in [3.8, 4) is 0 Å². The lowest BCUT2D eigenvalue weighted by atomic mass is 9.86. The standard InChI is InChI=1S/C15H22N2O3S/c1-2-9-16-21(18,19)17-10-5-8-15(12-17)14-7-4-3-6-13(14)11-20-15/h3-4,6-7,16H,2,5,8-12H2,1H3. The molecule has 6 heteroatoms. The first-order valence-corrected chi connectivity index (χ1v) is 8.98. The van der Waals surface area contributed by atoms with Crippen molar-refractivity contribution in [2.75, 3.05) is 19.6 Å². The van der Waals surface area contributed by atoms with Gasteiger partial charge >= 0.3 is 0 Å². The molecular formula is C15H22N2O3S. The maximum atomic E-state index is 12.4. The minimum atomic E-state index is -3.41. The SMILES string of the molecule is CCCNS(=O)(=O)N1CCCC2(C1)OCc1ccccc12. The maximum absolute atomic E-state index is 12.4. The average Bonchev–Trinajstić information content (AvgIpc) is 2.84. The summed E-state index contributed by atoms with van der Waals surface area (Å²) in [4.78, 5) is 0. The summed E-state index contributed by atoms with van der Waals surface area (Å²) in [6, 6.07) is 8.13. The fourth-order valence-electron chi connectivity index (χ4n) is 3.23. The van der Waals surface area contributed by atoms with Gasteiger partial charge in [0.05, 0.1) is 6.61 Å². The van der Waals surface area contributed by atoms with Crippen molar-refractivity contribution in [3.05, 3.63) is 35.4 Å². The lowest BCUT2D eigenvalue weighted by Gasteiger charge is -2.39. The zero-order chi connectivity index (χ0) is 14.9. The van der Waals surface area contributed by atoms with Crippen LogP contribution in [0.2, 0.25) is 0 Å². The minimum Gasteiger partial charge on any atom is -0.364 e. The number of benzene rings is 1. The Morgan fingerprint density at radius 3 is 3.00 bits per heavy atom. The van der Waals surface area contributed by atoms with Crippen molar-refractivity contribution in [2.24, 2.45) is 0 Å². The summed E-state index contributed by atoms with van der Waals surface area (Å²) < 4.78 is 34.9.